The van der Waals surface area contributed by atoms with E-state index in [0.717, 1.165) is 0 Å². The van der Waals surface area contributed by atoms with E-state index in [9.17, 15) is 9.59 Å². The van der Waals surface area contributed by atoms with Gasteiger partial charge in [-0.2, -0.15) is 0 Å². The molecule has 0 bridgehead atoms. The first-order valence-electron chi connectivity index (χ1n) is 7.13. The van der Waals surface area contributed by atoms with E-state index in [1.165, 1.54) is 25.7 Å². The van der Waals surface area contributed by atoms with Crippen LogP contribution >= 0.6 is 0 Å². The number of ether oxygens (including phenoxy) is 1. The molecule has 0 radical (unpaired) electrons. The Morgan fingerprint density at radius 2 is 1.95 bits per heavy atom. The third-order valence-electron chi connectivity index (χ3n) is 3.51. The van der Waals surface area contributed by atoms with Gasteiger partial charge in [-0.15, -0.1) is 0 Å². The highest BCUT2D eigenvalue weighted by atomic mass is 16.5. The van der Waals surface area contributed by atoms with Crippen LogP contribution in [-0.4, -0.2) is 30.3 Å². The van der Waals surface area contributed by atoms with Crippen LogP contribution in [0, 0.1) is 5.92 Å². The molecule has 0 saturated heterocycles. The molecule has 2 amide bonds. The highest BCUT2D eigenvalue weighted by molar-refractivity contribution is 5.90. The number of carboxylic acids is 1. The van der Waals surface area contributed by atoms with E-state index < -0.39 is 12.6 Å². The molecule has 6 nitrogen and oxygen atoms in total. The molecule has 21 heavy (non-hydrogen) atoms. The van der Waals surface area contributed by atoms with Crippen LogP contribution in [0.4, 0.5) is 10.5 Å². The SMILES string of the molecule is O=C(O)COc1ccccc1NC(=O)NCC1CCCC1. The van der Waals surface area contributed by atoms with E-state index >= 15 is 0 Å². The first-order valence-corrected chi connectivity index (χ1v) is 7.13. The molecule has 1 saturated carbocycles. The lowest BCUT2D eigenvalue weighted by Crippen LogP contribution is -2.32. The van der Waals surface area contributed by atoms with Gasteiger partial charge in [0.2, 0.25) is 0 Å². The number of anilines is 1. The lowest BCUT2D eigenvalue weighted by atomic mass is 10.1. The third kappa shape index (κ3) is 4.98. The zero-order chi connectivity index (χ0) is 15.1. The normalized spacial score (nSPS) is 14.7. The second-order valence-electron chi connectivity index (χ2n) is 5.16. The van der Waals surface area contributed by atoms with E-state index in [0.29, 0.717) is 23.9 Å². The molecule has 1 aliphatic carbocycles. The number of para-hydroxylation sites is 2. The molecule has 114 valence electrons. The molecule has 0 aliphatic heterocycles. The van der Waals surface area contributed by atoms with Gasteiger partial charge in [0.05, 0.1) is 5.69 Å². The molecule has 1 fully saturated rings. The molecular formula is C15H20N2O4. The monoisotopic (exact) mass is 292 g/mol. The Kier molecular flexibility index (Phi) is 5.43. The molecular weight excluding hydrogens is 272 g/mol. The van der Waals surface area contributed by atoms with E-state index in [1.807, 2.05) is 0 Å². The molecule has 2 rings (SSSR count). The molecule has 1 aliphatic rings. The van der Waals surface area contributed by atoms with E-state index in [1.54, 1.807) is 24.3 Å². The maximum Gasteiger partial charge on any atom is 0.341 e. The molecule has 6 heteroatoms. The number of carboxylic acid groups (broad SMARTS) is 1. The van der Waals surface area contributed by atoms with Gasteiger partial charge in [0.1, 0.15) is 5.75 Å². The lowest BCUT2D eigenvalue weighted by Gasteiger charge is -2.14. The number of carbonyl (C=O) groups excluding carboxylic acids is 1. The van der Waals surface area contributed by atoms with Crippen LogP contribution in [0.15, 0.2) is 24.3 Å². The summed E-state index contributed by atoms with van der Waals surface area (Å²) in [6.45, 7) is 0.229. The zero-order valence-electron chi connectivity index (χ0n) is 11.8. The number of nitrogens with one attached hydrogen (secondary N) is 2. The Morgan fingerprint density at radius 1 is 1.24 bits per heavy atom. The van der Waals surface area contributed by atoms with Gasteiger partial charge in [0.15, 0.2) is 6.61 Å². The van der Waals surface area contributed by atoms with Crippen LogP contribution in [0.1, 0.15) is 25.7 Å². The summed E-state index contributed by atoms with van der Waals surface area (Å²) in [5.41, 5.74) is 0.461. The number of amides is 2. The Hall–Kier alpha value is -2.24. The predicted molar refractivity (Wildman–Crippen MR) is 78.6 cm³/mol. The van der Waals surface area contributed by atoms with E-state index in [2.05, 4.69) is 10.6 Å². The first kappa shape index (κ1) is 15.2. The van der Waals surface area contributed by atoms with Crippen molar-refractivity contribution in [1.82, 2.24) is 5.32 Å². The number of urea groups is 1. The fourth-order valence-electron chi connectivity index (χ4n) is 2.45. The number of hydrogen-bond donors (Lipinski definition) is 3. The van der Waals surface area contributed by atoms with Crippen molar-refractivity contribution in [2.24, 2.45) is 5.92 Å². The Labute approximate surface area is 123 Å². The van der Waals surface area contributed by atoms with Crippen LogP contribution in [0.25, 0.3) is 0 Å². The Balaban J connectivity index is 1.85. The number of aliphatic carboxylic acids is 1. The van der Waals surface area contributed by atoms with Crippen LogP contribution in [0.2, 0.25) is 0 Å². The predicted octanol–water partition coefficient (Wildman–Crippen LogP) is 2.46. The van der Waals surface area contributed by atoms with Gasteiger partial charge in [-0.25, -0.2) is 9.59 Å². The molecule has 0 heterocycles. The quantitative estimate of drug-likeness (QED) is 0.751. The molecule has 0 spiro atoms. The summed E-state index contributed by atoms with van der Waals surface area (Å²) < 4.78 is 5.14. The van der Waals surface area contributed by atoms with Gasteiger partial charge in [-0.1, -0.05) is 25.0 Å². The highest BCUT2D eigenvalue weighted by Gasteiger charge is 2.16. The average Bonchev–Trinajstić information content (AvgIpc) is 2.97. The van der Waals surface area contributed by atoms with Gasteiger partial charge < -0.3 is 20.5 Å². The number of rotatable bonds is 6. The van der Waals surface area contributed by atoms with Crippen molar-refractivity contribution in [2.45, 2.75) is 25.7 Å². The molecule has 0 unspecified atom stereocenters. The maximum absolute atomic E-state index is 11.9. The van der Waals surface area contributed by atoms with Gasteiger partial charge >= 0.3 is 12.0 Å². The second-order valence-corrected chi connectivity index (χ2v) is 5.16. The largest absolute Gasteiger partial charge is 0.480 e. The summed E-state index contributed by atoms with van der Waals surface area (Å²) >= 11 is 0. The fraction of sp³-hybridized carbons (Fsp3) is 0.467. The summed E-state index contributed by atoms with van der Waals surface area (Å²) in [6, 6.07) is 6.47. The lowest BCUT2D eigenvalue weighted by molar-refractivity contribution is -0.139. The van der Waals surface area contributed by atoms with Gasteiger partial charge in [-0.3, -0.25) is 0 Å². The smallest absolute Gasteiger partial charge is 0.341 e. The number of benzene rings is 1. The van der Waals surface area contributed by atoms with Gasteiger partial charge in [0.25, 0.3) is 0 Å². The molecule has 1 aromatic carbocycles. The fourth-order valence-corrected chi connectivity index (χ4v) is 2.45. The van der Waals surface area contributed by atoms with Crippen molar-refractivity contribution in [3.05, 3.63) is 24.3 Å². The third-order valence-corrected chi connectivity index (χ3v) is 3.51. The standard InChI is InChI=1S/C15H20N2O4/c18-14(19)10-21-13-8-4-3-7-12(13)17-15(20)16-9-11-5-1-2-6-11/h3-4,7-8,11H,1-2,5-6,9-10H2,(H,18,19)(H2,16,17,20). The van der Waals surface area contributed by atoms with Crippen LogP contribution in [0.5, 0.6) is 5.75 Å². The second kappa shape index (κ2) is 7.52. The minimum Gasteiger partial charge on any atom is -0.480 e. The summed E-state index contributed by atoms with van der Waals surface area (Å²) in [7, 11) is 0. The summed E-state index contributed by atoms with van der Waals surface area (Å²) in [6.07, 6.45) is 4.80. The van der Waals surface area contributed by atoms with Gasteiger partial charge in [0, 0.05) is 6.54 Å². The number of carbonyl (C=O) groups is 2. The van der Waals surface area contributed by atoms with Crippen molar-refractivity contribution in [3.63, 3.8) is 0 Å². The first-order chi connectivity index (χ1) is 10.1. The van der Waals surface area contributed by atoms with Crippen LogP contribution < -0.4 is 15.4 Å². The topological polar surface area (TPSA) is 87.7 Å². The Morgan fingerprint density at radius 3 is 2.67 bits per heavy atom. The van der Waals surface area contributed by atoms with Crippen molar-refractivity contribution < 1.29 is 19.4 Å². The Bertz CT molecular complexity index is 498. The summed E-state index contributed by atoms with van der Waals surface area (Å²) in [5.74, 6) is -0.152. The minimum atomic E-state index is -1.06. The van der Waals surface area contributed by atoms with Crippen LogP contribution in [-0.2, 0) is 4.79 Å². The molecule has 0 atom stereocenters. The van der Waals surface area contributed by atoms with E-state index in [4.69, 9.17) is 9.84 Å². The maximum atomic E-state index is 11.9. The van der Waals surface area contributed by atoms with Crippen molar-refractivity contribution in [2.75, 3.05) is 18.5 Å². The summed E-state index contributed by atoms with van der Waals surface area (Å²) in [5, 5.41) is 14.2. The van der Waals surface area contributed by atoms with E-state index in [-0.39, 0.29) is 6.03 Å². The van der Waals surface area contributed by atoms with Crippen LogP contribution in [0.3, 0.4) is 0 Å². The number of hydrogen-bond acceptors (Lipinski definition) is 3. The zero-order valence-corrected chi connectivity index (χ0v) is 11.8. The van der Waals surface area contributed by atoms with Crippen molar-refractivity contribution in [3.8, 4) is 5.75 Å². The highest BCUT2D eigenvalue weighted by Crippen LogP contribution is 2.25. The average molecular weight is 292 g/mol. The van der Waals surface area contributed by atoms with Gasteiger partial charge in [-0.05, 0) is 30.9 Å². The molecule has 3 N–H and O–H groups in total. The molecule has 1 aromatic rings. The van der Waals surface area contributed by atoms with Crippen molar-refractivity contribution >= 4 is 17.7 Å². The minimum absolute atomic E-state index is 0.298. The van der Waals surface area contributed by atoms with Crippen molar-refractivity contribution in [1.29, 1.82) is 0 Å². The molecule has 0 aromatic heterocycles. The summed E-state index contributed by atoms with van der Waals surface area (Å²) in [4.78, 5) is 22.4.